The molecule has 0 amide bonds. The molecule has 0 radical (unpaired) electrons. The van der Waals surface area contributed by atoms with Crippen LogP contribution in [-0.4, -0.2) is 12.1 Å². The number of hydrogen-bond acceptors (Lipinski definition) is 2. The van der Waals surface area contributed by atoms with Crippen molar-refractivity contribution >= 4 is 0 Å². The SMILES string of the molecule is C#CCC(CC)NC1CCCCC1C#N. The second-order valence-electron chi connectivity index (χ2n) is 4.31. The van der Waals surface area contributed by atoms with E-state index in [4.69, 9.17) is 11.7 Å². The molecule has 2 heteroatoms. The standard InChI is InChI=1S/C13H20N2/c1-3-7-12(4-2)15-13-9-6-5-8-11(13)10-14/h1,11-13,15H,4-9H2,2H3. The van der Waals surface area contributed by atoms with Crippen LogP contribution in [0.4, 0.5) is 0 Å². The van der Waals surface area contributed by atoms with Gasteiger partial charge in [-0.25, -0.2) is 0 Å². The van der Waals surface area contributed by atoms with E-state index in [-0.39, 0.29) is 5.92 Å². The van der Waals surface area contributed by atoms with Gasteiger partial charge in [0.2, 0.25) is 0 Å². The Morgan fingerprint density at radius 3 is 2.80 bits per heavy atom. The van der Waals surface area contributed by atoms with Gasteiger partial charge in [-0.15, -0.1) is 12.3 Å². The lowest BCUT2D eigenvalue weighted by atomic mass is 9.85. The third kappa shape index (κ3) is 3.57. The van der Waals surface area contributed by atoms with Crippen LogP contribution in [0.25, 0.3) is 0 Å². The van der Waals surface area contributed by atoms with Crippen LogP contribution in [0.2, 0.25) is 0 Å². The summed E-state index contributed by atoms with van der Waals surface area (Å²) < 4.78 is 0. The van der Waals surface area contributed by atoms with Gasteiger partial charge in [-0.3, -0.25) is 0 Å². The van der Waals surface area contributed by atoms with E-state index in [9.17, 15) is 0 Å². The van der Waals surface area contributed by atoms with Crippen LogP contribution in [0.1, 0.15) is 45.4 Å². The number of terminal acetylenes is 1. The predicted octanol–water partition coefficient (Wildman–Crippen LogP) is 2.46. The number of nitrogens with zero attached hydrogens (tertiary/aromatic N) is 1. The van der Waals surface area contributed by atoms with Crippen LogP contribution >= 0.6 is 0 Å². The Hall–Kier alpha value is -0.990. The summed E-state index contributed by atoms with van der Waals surface area (Å²) in [6, 6.07) is 3.16. The van der Waals surface area contributed by atoms with Crippen molar-refractivity contribution in [3.63, 3.8) is 0 Å². The molecule has 1 fully saturated rings. The molecule has 1 N–H and O–H groups in total. The summed E-state index contributed by atoms with van der Waals surface area (Å²) in [5.41, 5.74) is 0. The minimum absolute atomic E-state index is 0.186. The number of nitriles is 1. The van der Waals surface area contributed by atoms with Crippen molar-refractivity contribution < 1.29 is 0 Å². The fourth-order valence-electron chi connectivity index (χ4n) is 2.25. The van der Waals surface area contributed by atoms with Crippen molar-refractivity contribution in [2.45, 2.75) is 57.5 Å². The van der Waals surface area contributed by atoms with Gasteiger partial charge in [-0.1, -0.05) is 19.8 Å². The Morgan fingerprint density at radius 1 is 1.47 bits per heavy atom. The zero-order chi connectivity index (χ0) is 11.1. The van der Waals surface area contributed by atoms with E-state index in [0.29, 0.717) is 12.1 Å². The molecule has 0 bridgehead atoms. The van der Waals surface area contributed by atoms with Crippen LogP contribution in [0.5, 0.6) is 0 Å². The van der Waals surface area contributed by atoms with Gasteiger partial charge in [-0.05, 0) is 19.3 Å². The molecule has 0 heterocycles. The Kier molecular flexibility index (Phi) is 5.22. The monoisotopic (exact) mass is 204 g/mol. The first-order chi connectivity index (χ1) is 7.31. The van der Waals surface area contributed by atoms with Crippen LogP contribution in [0.15, 0.2) is 0 Å². The molecular weight excluding hydrogens is 184 g/mol. The topological polar surface area (TPSA) is 35.8 Å². The van der Waals surface area contributed by atoms with Gasteiger partial charge in [0.1, 0.15) is 0 Å². The molecule has 0 aromatic heterocycles. The summed E-state index contributed by atoms with van der Waals surface area (Å²) >= 11 is 0. The van der Waals surface area contributed by atoms with E-state index in [1.54, 1.807) is 0 Å². The number of nitrogens with one attached hydrogen (secondary N) is 1. The Bertz CT molecular complexity index is 259. The molecule has 0 aliphatic heterocycles. The van der Waals surface area contributed by atoms with E-state index < -0.39 is 0 Å². The molecule has 1 saturated carbocycles. The van der Waals surface area contributed by atoms with Crippen molar-refractivity contribution in [3.05, 3.63) is 0 Å². The van der Waals surface area contributed by atoms with E-state index in [2.05, 4.69) is 24.2 Å². The molecule has 2 nitrogen and oxygen atoms in total. The average Bonchev–Trinajstić information content (AvgIpc) is 2.29. The second kappa shape index (κ2) is 6.49. The van der Waals surface area contributed by atoms with Gasteiger partial charge >= 0.3 is 0 Å². The van der Waals surface area contributed by atoms with Crippen LogP contribution in [0.3, 0.4) is 0 Å². The van der Waals surface area contributed by atoms with Crippen molar-refractivity contribution in [1.29, 1.82) is 5.26 Å². The Balaban J connectivity index is 2.47. The Labute approximate surface area is 93.1 Å². The zero-order valence-electron chi connectivity index (χ0n) is 9.50. The van der Waals surface area contributed by atoms with Gasteiger partial charge in [0.15, 0.2) is 0 Å². The number of rotatable bonds is 4. The molecule has 1 aliphatic carbocycles. The molecular formula is C13H20N2. The minimum Gasteiger partial charge on any atom is -0.309 e. The van der Waals surface area contributed by atoms with Crippen molar-refractivity contribution in [1.82, 2.24) is 5.32 Å². The lowest BCUT2D eigenvalue weighted by Gasteiger charge is -2.30. The van der Waals surface area contributed by atoms with Gasteiger partial charge in [0.25, 0.3) is 0 Å². The highest BCUT2D eigenvalue weighted by Gasteiger charge is 2.26. The maximum Gasteiger partial charge on any atom is 0.0672 e. The van der Waals surface area contributed by atoms with Crippen molar-refractivity contribution in [2.24, 2.45) is 5.92 Å². The second-order valence-corrected chi connectivity index (χ2v) is 4.31. The van der Waals surface area contributed by atoms with E-state index in [1.165, 1.54) is 12.8 Å². The highest BCUT2D eigenvalue weighted by Crippen LogP contribution is 2.24. The Morgan fingerprint density at radius 2 is 2.20 bits per heavy atom. The van der Waals surface area contributed by atoms with E-state index in [1.807, 2.05) is 0 Å². The third-order valence-corrected chi connectivity index (χ3v) is 3.24. The summed E-state index contributed by atoms with van der Waals surface area (Å²) in [5, 5.41) is 12.6. The van der Waals surface area contributed by atoms with Crippen molar-refractivity contribution in [2.75, 3.05) is 0 Å². The quantitative estimate of drug-likeness (QED) is 0.714. The number of hydrogen-bond donors (Lipinski definition) is 1. The van der Waals surface area contributed by atoms with Gasteiger partial charge < -0.3 is 5.32 Å². The maximum absolute atomic E-state index is 9.05. The highest BCUT2D eigenvalue weighted by atomic mass is 15.0. The van der Waals surface area contributed by atoms with Crippen LogP contribution < -0.4 is 5.32 Å². The molecule has 0 spiro atoms. The molecule has 0 aromatic carbocycles. The highest BCUT2D eigenvalue weighted by molar-refractivity contribution is 4.97. The third-order valence-electron chi connectivity index (χ3n) is 3.24. The molecule has 3 unspecified atom stereocenters. The van der Waals surface area contributed by atoms with Crippen LogP contribution in [-0.2, 0) is 0 Å². The minimum atomic E-state index is 0.186. The first kappa shape index (κ1) is 12.1. The molecule has 0 saturated heterocycles. The average molecular weight is 204 g/mol. The molecule has 1 aliphatic rings. The summed E-state index contributed by atoms with van der Waals surface area (Å²) in [4.78, 5) is 0. The van der Waals surface area contributed by atoms with Crippen molar-refractivity contribution in [3.8, 4) is 18.4 Å². The first-order valence-electron chi connectivity index (χ1n) is 5.91. The van der Waals surface area contributed by atoms with E-state index >= 15 is 0 Å². The summed E-state index contributed by atoms with van der Waals surface area (Å²) in [7, 11) is 0. The fourth-order valence-corrected chi connectivity index (χ4v) is 2.25. The molecule has 0 aromatic rings. The fraction of sp³-hybridized carbons (Fsp3) is 0.769. The maximum atomic E-state index is 9.05. The first-order valence-corrected chi connectivity index (χ1v) is 5.91. The largest absolute Gasteiger partial charge is 0.309 e. The molecule has 3 atom stereocenters. The summed E-state index contributed by atoms with van der Waals surface area (Å²) in [5.74, 6) is 2.88. The molecule has 15 heavy (non-hydrogen) atoms. The lowest BCUT2D eigenvalue weighted by molar-refractivity contribution is 0.283. The molecule has 1 rings (SSSR count). The van der Waals surface area contributed by atoms with Gasteiger partial charge in [0.05, 0.1) is 12.0 Å². The smallest absolute Gasteiger partial charge is 0.0672 e. The van der Waals surface area contributed by atoms with Gasteiger partial charge in [0, 0.05) is 18.5 Å². The predicted molar refractivity (Wildman–Crippen MR) is 62.0 cm³/mol. The lowest BCUT2D eigenvalue weighted by Crippen LogP contribution is -2.43. The van der Waals surface area contributed by atoms with Gasteiger partial charge in [-0.2, -0.15) is 5.26 Å². The normalized spacial score (nSPS) is 27.7. The molecule has 82 valence electrons. The summed E-state index contributed by atoms with van der Waals surface area (Å²) in [6.07, 6.45) is 11.7. The summed E-state index contributed by atoms with van der Waals surface area (Å²) in [6.45, 7) is 2.14. The van der Waals surface area contributed by atoms with E-state index in [0.717, 1.165) is 25.7 Å². The zero-order valence-corrected chi connectivity index (χ0v) is 9.50. The van der Waals surface area contributed by atoms with Crippen LogP contribution in [0, 0.1) is 29.6 Å².